The van der Waals surface area contributed by atoms with Gasteiger partial charge in [-0.15, -0.1) is 11.3 Å². The molecule has 2 heterocycles. The number of nitrogens with one attached hydrogen (secondary N) is 1. The van der Waals surface area contributed by atoms with Crippen LogP contribution < -0.4 is 5.32 Å². The number of carbonyl (C=O) groups is 2. The second kappa shape index (κ2) is 6.61. The molecule has 25 heavy (non-hydrogen) atoms. The second-order valence-corrected chi connectivity index (χ2v) is 8.53. The summed E-state index contributed by atoms with van der Waals surface area (Å²) in [5.74, 6) is -1.03. The number of rotatable bonds is 4. The minimum Gasteiger partial charge on any atom is -0.464 e. The highest BCUT2D eigenvalue weighted by Gasteiger charge is 2.33. The molecule has 1 aromatic carbocycles. The van der Waals surface area contributed by atoms with Crippen molar-refractivity contribution in [3.8, 4) is 0 Å². The summed E-state index contributed by atoms with van der Waals surface area (Å²) in [5, 5.41) is 4.63. The average Bonchev–Trinajstić information content (AvgIpc) is 2.98. The van der Waals surface area contributed by atoms with E-state index in [1.54, 1.807) is 37.4 Å². The van der Waals surface area contributed by atoms with Crippen LogP contribution >= 0.6 is 11.3 Å². The van der Waals surface area contributed by atoms with Gasteiger partial charge in [-0.2, -0.15) is 0 Å². The third-order valence-corrected chi connectivity index (χ3v) is 6.56. The molecular formula is C17H17NO5S2. The Kier molecular flexibility index (Phi) is 4.66. The molecule has 3 rings (SSSR count). The lowest BCUT2D eigenvalue weighted by Crippen LogP contribution is -2.29. The Balaban J connectivity index is 2.11. The fourth-order valence-electron chi connectivity index (χ4n) is 2.75. The maximum absolute atomic E-state index is 13.0. The summed E-state index contributed by atoms with van der Waals surface area (Å²) in [6, 6.07) is 5.53. The maximum Gasteiger partial charge on any atom is 0.328 e. The van der Waals surface area contributed by atoms with Crippen LogP contribution in [-0.2, 0) is 25.1 Å². The molecule has 1 atom stereocenters. The van der Waals surface area contributed by atoms with E-state index in [1.165, 1.54) is 17.4 Å². The van der Waals surface area contributed by atoms with E-state index in [0.29, 0.717) is 16.1 Å². The first-order valence-electron chi connectivity index (χ1n) is 7.75. The third-order valence-electron chi connectivity index (χ3n) is 3.90. The fraction of sp³-hybridized carbons (Fsp3) is 0.294. The number of fused-ring (bicyclic) bond motifs is 2. The van der Waals surface area contributed by atoms with Gasteiger partial charge in [0.25, 0.3) is 0 Å². The van der Waals surface area contributed by atoms with Gasteiger partial charge in [-0.1, -0.05) is 6.07 Å². The molecule has 0 saturated heterocycles. The fourth-order valence-corrected chi connectivity index (χ4v) is 5.31. The average molecular weight is 379 g/mol. The highest BCUT2D eigenvalue weighted by Crippen LogP contribution is 2.36. The molecule has 8 heteroatoms. The number of sulfone groups is 1. The number of ketones is 1. The van der Waals surface area contributed by atoms with Crippen molar-refractivity contribution in [3.63, 3.8) is 0 Å². The second-order valence-electron chi connectivity index (χ2n) is 5.66. The number of benzene rings is 1. The lowest BCUT2D eigenvalue weighted by Gasteiger charge is -2.17. The molecule has 1 N–H and O–H groups in total. The zero-order valence-corrected chi connectivity index (χ0v) is 15.4. The molecular weight excluding hydrogens is 362 g/mol. The molecule has 132 valence electrons. The summed E-state index contributed by atoms with van der Waals surface area (Å²) in [4.78, 5) is 25.2. The van der Waals surface area contributed by atoms with Gasteiger partial charge in [-0.05, 0) is 43.0 Å². The van der Waals surface area contributed by atoms with Crippen molar-refractivity contribution in [2.75, 3.05) is 11.9 Å². The molecule has 6 nitrogen and oxygen atoms in total. The molecule has 0 fully saturated rings. The van der Waals surface area contributed by atoms with Crippen molar-refractivity contribution < 1.29 is 22.7 Å². The molecule has 1 aromatic heterocycles. The van der Waals surface area contributed by atoms with Crippen LogP contribution in [0.3, 0.4) is 0 Å². The molecule has 0 radical (unpaired) electrons. The molecule has 1 aliphatic heterocycles. The van der Waals surface area contributed by atoms with Gasteiger partial charge in [0.2, 0.25) is 5.78 Å². The van der Waals surface area contributed by atoms with E-state index in [2.05, 4.69) is 5.32 Å². The molecule has 1 aliphatic rings. The molecule has 0 saturated carbocycles. The van der Waals surface area contributed by atoms with Crippen LogP contribution in [0.15, 0.2) is 34.5 Å². The zero-order chi connectivity index (χ0) is 18.2. The summed E-state index contributed by atoms with van der Waals surface area (Å²) in [6.45, 7) is 3.54. The summed E-state index contributed by atoms with van der Waals surface area (Å²) in [6.07, 6.45) is 0. The van der Waals surface area contributed by atoms with Gasteiger partial charge in [-0.25, -0.2) is 13.2 Å². The number of esters is 1. The zero-order valence-electron chi connectivity index (χ0n) is 13.7. The van der Waals surface area contributed by atoms with Crippen LogP contribution in [0.5, 0.6) is 0 Å². The van der Waals surface area contributed by atoms with Gasteiger partial charge in [0.15, 0.2) is 9.84 Å². The SMILES string of the molecule is CCOC(=O)C(C)Nc1cccc2c1C(=O)c1sccc1CS2(=O)=O. The summed E-state index contributed by atoms with van der Waals surface area (Å²) in [7, 11) is -3.65. The minimum atomic E-state index is -3.65. The van der Waals surface area contributed by atoms with Crippen LogP contribution in [0.4, 0.5) is 5.69 Å². The van der Waals surface area contributed by atoms with E-state index in [9.17, 15) is 18.0 Å². The molecule has 1 unspecified atom stereocenters. The van der Waals surface area contributed by atoms with Gasteiger partial charge < -0.3 is 10.1 Å². The van der Waals surface area contributed by atoms with Crippen molar-refractivity contribution in [3.05, 3.63) is 45.6 Å². The van der Waals surface area contributed by atoms with E-state index >= 15 is 0 Å². The number of anilines is 1. The Hall–Kier alpha value is -2.19. The molecule has 0 aliphatic carbocycles. The Bertz CT molecular complexity index is 946. The van der Waals surface area contributed by atoms with Gasteiger partial charge in [0, 0.05) is 5.69 Å². The lowest BCUT2D eigenvalue weighted by atomic mass is 10.0. The third kappa shape index (κ3) is 3.19. The predicted octanol–water partition coefficient (Wildman–Crippen LogP) is 2.63. The van der Waals surface area contributed by atoms with Gasteiger partial charge >= 0.3 is 5.97 Å². The van der Waals surface area contributed by atoms with E-state index in [-0.39, 0.29) is 28.6 Å². The van der Waals surface area contributed by atoms with Gasteiger partial charge in [-0.3, -0.25) is 4.79 Å². The van der Waals surface area contributed by atoms with Crippen molar-refractivity contribution in [2.45, 2.75) is 30.5 Å². The number of ether oxygens (including phenoxy) is 1. The van der Waals surface area contributed by atoms with Gasteiger partial charge in [0.05, 0.1) is 27.7 Å². The number of carbonyl (C=O) groups excluding carboxylic acids is 2. The quantitative estimate of drug-likeness (QED) is 0.822. The summed E-state index contributed by atoms with van der Waals surface area (Å²) < 4.78 is 30.4. The molecule has 0 bridgehead atoms. The van der Waals surface area contributed by atoms with Crippen LogP contribution in [0.2, 0.25) is 0 Å². The van der Waals surface area contributed by atoms with Crippen LogP contribution in [0.1, 0.15) is 34.6 Å². The number of hydrogen-bond acceptors (Lipinski definition) is 7. The van der Waals surface area contributed by atoms with Crippen molar-refractivity contribution >= 4 is 38.6 Å². The Morgan fingerprint density at radius 2 is 2.12 bits per heavy atom. The smallest absolute Gasteiger partial charge is 0.328 e. The van der Waals surface area contributed by atoms with Crippen molar-refractivity contribution in [2.24, 2.45) is 0 Å². The first kappa shape index (κ1) is 17.6. The summed E-state index contributed by atoms with van der Waals surface area (Å²) >= 11 is 1.22. The highest BCUT2D eigenvalue weighted by atomic mass is 32.2. The first-order valence-corrected chi connectivity index (χ1v) is 10.3. The summed E-state index contributed by atoms with van der Waals surface area (Å²) in [5.41, 5.74) is 0.906. The van der Waals surface area contributed by atoms with E-state index in [4.69, 9.17) is 4.74 Å². The Labute approximate surface area is 149 Å². The van der Waals surface area contributed by atoms with E-state index < -0.39 is 21.8 Å². The molecule has 0 spiro atoms. The first-order chi connectivity index (χ1) is 11.8. The standard InChI is InChI=1S/C17H17NO5S2/c1-3-23-17(20)10(2)18-12-5-4-6-13-14(12)15(19)16-11(7-8-24-16)9-25(13,21)22/h4-8,10,18H,3,9H2,1-2H3. The topological polar surface area (TPSA) is 89.5 Å². The monoisotopic (exact) mass is 379 g/mol. The van der Waals surface area contributed by atoms with E-state index in [1.807, 2.05) is 0 Å². The van der Waals surface area contributed by atoms with Crippen molar-refractivity contribution in [1.29, 1.82) is 0 Å². The maximum atomic E-state index is 13.0. The van der Waals surface area contributed by atoms with Crippen LogP contribution in [0.25, 0.3) is 0 Å². The Morgan fingerprint density at radius 3 is 2.84 bits per heavy atom. The lowest BCUT2D eigenvalue weighted by molar-refractivity contribution is -0.143. The largest absolute Gasteiger partial charge is 0.464 e. The normalized spacial score (nSPS) is 16.3. The minimum absolute atomic E-state index is 0.0121. The number of thiophene rings is 1. The molecule has 2 aromatic rings. The molecule has 0 amide bonds. The van der Waals surface area contributed by atoms with Gasteiger partial charge in [0.1, 0.15) is 6.04 Å². The predicted molar refractivity (Wildman–Crippen MR) is 94.8 cm³/mol. The van der Waals surface area contributed by atoms with E-state index in [0.717, 1.165) is 0 Å². The van der Waals surface area contributed by atoms with Crippen LogP contribution in [0, 0.1) is 0 Å². The highest BCUT2D eigenvalue weighted by molar-refractivity contribution is 7.90. The number of hydrogen-bond donors (Lipinski definition) is 1. The van der Waals surface area contributed by atoms with Crippen molar-refractivity contribution in [1.82, 2.24) is 0 Å². The Morgan fingerprint density at radius 1 is 1.36 bits per heavy atom. The van der Waals surface area contributed by atoms with Crippen LogP contribution in [-0.4, -0.2) is 32.8 Å².